The van der Waals surface area contributed by atoms with Gasteiger partial charge in [0.15, 0.2) is 0 Å². The van der Waals surface area contributed by atoms with E-state index in [0.29, 0.717) is 25.7 Å². The topological polar surface area (TPSA) is 161 Å². The fourth-order valence-electron chi connectivity index (χ4n) is 3.76. The van der Waals surface area contributed by atoms with E-state index in [0.717, 1.165) is 77.0 Å². The van der Waals surface area contributed by atoms with Gasteiger partial charge in [-0.15, -0.1) is 0 Å². The van der Waals surface area contributed by atoms with E-state index in [-0.39, 0.29) is 34.6 Å². The maximum Gasteiger partial charge on any atom is 4.00 e. The van der Waals surface area contributed by atoms with E-state index in [1.807, 2.05) is 27.7 Å². The Morgan fingerprint density at radius 1 is 0.390 bits per heavy atom. The van der Waals surface area contributed by atoms with Crippen LogP contribution in [0.5, 0.6) is 0 Å². The SMILES string of the molecule is CCCCC(CC)C(=O)[O-].CCCCC(CC)C(=O)[O-].CCCCC(CC)C(=O)[O-].CCCCC(CC)C(=O)[O-].[Si+4]. The van der Waals surface area contributed by atoms with E-state index in [1.54, 1.807) is 0 Å². The van der Waals surface area contributed by atoms with Gasteiger partial charge in [-0.3, -0.25) is 0 Å². The first-order valence-electron chi connectivity index (χ1n) is 15.7. The number of carboxylic acids is 4. The van der Waals surface area contributed by atoms with Gasteiger partial charge in [-0.1, -0.05) is 107 Å². The molecule has 0 aromatic rings. The molecule has 0 amide bonds. The van der Waals surface area contributed by atoms with Crippen LogP contribution in [-0.4, -0.2) is 34.8 Å². The molecular weight excluding hydrogens is 540 g/mol. The Hall–Kier alpha value is -1.90. The van der Waals surface area contributed by atoms with Crippen LogP contribution in [-0.2, 0) is 19.2 Å². The molecule has 0 heterocycles. The molecule has 0 bridgehead atoms. The van der Waals surface area contributed by atoms with Crippen molar-refractivity contribution in [2.24, 2.45) is 23.7 Å². The maximum absolute atomic E-state index is 10.3. The Morgan fingerprint density at radius 3 is 0.610 bits per heavy atom. The van der Waals surface area contributed by atoms with Gasteiger partial charge in [0.05, 0.1) is 0 Å². The quantitative estimate of drug-likeness (QED) is 0.192. The molecule has 240 valence electrons. The predicted octanol–water partition coefficient (Wildman–Crippen LogP) is 3.43. The van der Waals surface area contributed by atoms with Gasteiger partial charge in [0.25, 0.3) is 0 Å². The van der Waals surface area contributed by atoms with Crippen molar-refractivity contribution < 1.29 is 39.6 Å². The molecular formula is C32H60O8Si. The van der Waals surface area contributed by atoms with Crippen LogP contribution in [0.25, 0.3) is 0 Å². The normalized spacial score (nSPS) is 12.7. The van der Waals surface area contributed by atoms with Crippen LogP contribution < -0.4 is 20.4 Å². The van der Waals surface area contributed by atoms with Gasteiger partial charge in [-0.05, 0) is 75.0 Å². The molecule has 41 heavy (non-hydrogen) atoms. The summed E-state index contributed by atoms with van der Waals surface area (Å²) >= 11 is 0. The molecule has 0 radical (unpaired) electrons. The fourth-order valence-corrected chi connectivity index (χ4v) is 3.76. The summed E-state index contributed by atoms with van der Waals surface area (Å²) in [5.74, 6) is -4.46. The molecule has 0 spiro atoms. The van der Waals surface area contributed by atoms with Gasteiger partial charge in [0, 0.05) is 23.9 Å². The zero-order valence-corrected chi connectivity index (χ0v) is 28.4. The first-order valence-corrected chi connectivity index (χ1v) is 15.7. The second-order valence-corrected chi connectivity index (χ2v) is 10.3. The average Bonchev–Trinajstić information content (AvgIpc) is 2.91. The standard InChI is InChI=1S/4C8H16O2.Si/c4*1-3-5-6-7(4-2)8(9)10;/h4*7H,3-6H2,1-2H3,(H,9,10);/q;;;;+4/p-4. The number of carbonyl (C=O) groups excluding carboxylic acids is 4. The second-order valence-electron chi connectivity index (χ2n) is 10.3. The number of carbonyl (C=O) groups is 4. The number of aliphatic carboxylic acids is 4. The Morgan fingerprint density at radius 2 is 0.537 bits per heavy atom. The minimum atomic E-state index is -0.893. The van der Waals surface area contributed by atoms with Crippen LogP contribution in [0.15, 0.2) is 0 Å². The molecule has 0 aromatic heterocycles. The third kappa shape index (κ3) is 34.2. The molecule has 0 N–H and O–H groups in total. The smallest absolute Gasteiger partial charge is 0.550 e. The summed E-state index contributed by atoms with van der Waals surface area (Å²) < 4.78 is 0. The predicted molar refractivity (Wildman–Crippen MR) is 159 cm³/mol. The number of unbranched alkanes of at least 4 members (excludes halogenated alkanes) is 4. The van der Waals surface area contributed by atoms with Gasteiger partial charge in [-0.2, -0.15) is 0 Å². The Bertz CT molecular complexity index is 509. The minimum absolute atomic E-state index is 0. The molecule has 0 aliphatic carbocycles. The van der Waals surface area contributed by atoms with Crippen molar-refractivity contribution in [1.82, 2.24) is 0 Å². The second kappa shape index (κ2) is 36.1. The van der Waals surface area contributed by atoms with Crippen LogP contribution in [0.3, 0.4) is 0 Å². The minimum Gasteiger partial charge on any atom is -0.550 e. The molecule has 0 fully saturated rings. The number of rotatable bonds is 20. The zero-order chi connectivity index (χ0) is 31.9. The largest absolute Gasteiger partial charge is 4.00 e. The van der Waals surface area contributed by atoms with Crippen LogP contribution in [0, 0.1) is 23.7 Å². The fraction of sp³-hybridized carbons (Fsp3) is 0.875. The molecule has 0 aromatic carbocycles. The third-order valence-electron chi connectivity index (χ3n) is 6.93. The molecule has 4 unspecified atom stereocenters. The summed E-state index contributed by atoms with van der Waals surface area (Å²) in [6, 6.07) is 0. The Labute approximate surface area is 256 Å². The van der Waals surface area contributed by atoms with Crippen molar-refractivity contribution in [3.63, 3.8) is 0 Å². The van der Waals surface area contributed by atoms with Crippen LogP contribution in [0.2, 0.25) is 0 Å². The van der Waals surface area contributed by atoms with Crippen molar-refractivity contribution in [3.8, 4) is 0 Å². The third-order valence-corrected chi connectivity index (χ3v) is 6.93. The van der Waals surface area contributed by atoms with Crippen molar-refractivity contribution in [3.05, 3.63) is 0 Å². The molecule has 4 atom stereocenters. The summed E-state index contributed by atoms with van der Waals surface area (Å²) in [4.78, 5) is 41.3. The number of hydrogen-bond donors (Lipinski definition) is 0. The van der Waals surface area contributed by atoms with Gasteiger partial charge in [0.1, 0.15) is 0 Å². The number of carboxylic acid groups (broad SMARTS) is 4. The van der Waals surface area contributed by atoms with E-state index in [4.69, 9.17) is 0 Å². The van der Waals surface area contributed by atoms with E-state index >= 15 is 0 Å². The summed E-state index contributed by atoms with van der Waals surface area (Å²) in [7, 11) is 0. The summed E-state index contributed by atoms with van der Waals surface area (Å²) in [6.07, 6.45) is 14.1. The summed E-state index contributed by atoms with van der Waals surface area (Å²) in [6.45, 7) is 15.8. The monoisotopic (exact) mass is 600 g/mol. The van der Waals surface area contributed by atoms with Crippen molar-refractivity contribution in [2.75, 3.05) is 0 Å². The van der Waals surface area contributed by atoms with Gasteiger partial charge in [-0.25, -0.2) is 0 Å². The van der Waals surface area contributed by atoms with Crippen molar-refractivity contribution in [2.45, 2.75) is 158 Å². The van der Waals surface area contributed by atoms with Crippen LogP contribution >= 0.6 is 0 Å². The van der Waals surface area contributed by atoms with E-state index in [2.05, 4.69) is 27.7 Å². The Balaban J connectivity index is -0.000000139. The van der Waals surface area contributed by atoms with E-state index in [9.17, 15) is 39.6 Å². The molecule has 0 saturated heterocycles. The molecule has 9 heteroatoms. The van der Waals surface area contributed by atoms with Gasteiger partial charge < -0.3 is 39.6 Å². The molecule has 8 nitrogen and oxygen atoms in total. The number of hydrogen-bond acceptors (Lipinski definition) is 8. The zero-order valence-electron chi connectivity index (χ0n) is 27.4. The average molecular weight is 601 g/mol. The molecule has 0 aliphatic rings. The van der Waals surface area contributed by atoms with E-state index in [1.165, 1.54) is 0 Å². The van der Waals surface area contributed by atoms with Crippen molar-refractivity contribution in [1.29, 1.82) is 0 Å². The molecule has 0 saturated carbocycles. The van der Waals surface area contributed by atoms with Gasteiger partial charge in [0.2, 0.25) is 0 Å². The molecule has 0 aliphatic heterocycles. The van der Waals surface area contributed by atoms with Crippen molar-refractivity contribution >= 4 is 34.8 Å². The van der Waals surface area contributed by atoms with Crippen LogP contribution in [0.4, 0.5) is 0 Å². The first-order chi connectivity index (χ1) is 18.9. The first kappa shape index (κ1) is 48.8. The summed E-state index contributed by atoms with van der Waals surface area (Å²) in [5, 5.41) is 41.3. The maximum atomic E-state index is 10.3. The Kier molecular flexibility index (Phi) is 43.0. The molecule has 0 rings (SSSR count). The summed E-state index contributed by atoms with van der Waals surface area (Å²) in [5.41, 5.74) is 0. The van der Waals surface area contributed by atoms with Crippen LogP contribution in [0.1, 0.15) is 158 Å². The van der Waals surface area contributed by atoms with Gasteiger partial charge >= 0.3 is 11.0 Å². The van der Waals surface area contributed by atoms with E-state index < -0.39 is 23.9 Å².